The number of morpholine rings is 1. The SMILES string of the molecule is CCCC(CCN[C@H]1COc2c(C#N)cccc2O1)CCN1CCOCC1=O. The lowest BCUT2D eigenvalue weighted by Gasteiger charge is -2.29. The van der Waals surface area contributed by atoms with Crippen LogP contribution in [0.1, 0.15) is 38.2 Å². The molecular formula is C21H29N3O4. The molecule has 0 saturated carbocycles. The molecule has 3 rings (SSSR count). The topological polar surface area (TPSA) is 83.8 Å². The van der Waals surface area contributed by atoms with Crippen LogP contribution in [0.2, 0.25) is 0 Å². The zero-order chi connectivity index (χ0) is 19.8. The van der Waals surface area contributed by atoms with Gasteiger partial charge >= 0.3 is 0 Å². The maximum Gasteiger partial charge on any atom is 0.248 e. The summed E-state index contributed by atoms with van der Waals surface area (Å²) in [5.41, 5.74) is 0.497. The Balaban J connectivity index is 1.43. The lowest BCUT2D eigenvalue weighted by molar-refractivity contribution is -0.142. The standard InChI is InChI=1S/C21H29N3O4/c1-2-4-16(8-10-24-11-12-26-15-20(24)25)7-9-23-19-14-27-21-17(13-22)5-3-6-18(21)28-19/h3,5-6,16,19,23H,2,4,7-12,14-15H2,1H3/t16?,19-/m1/s1. The van der Waals surface area contributed by atoms with Gasteiger partial charge in [0, 0.05) is 13.1 Å². The summed E-state index contributed by atoms with van der Waals surface area (Å²) in [6.07, 6.45) is 4.10. The zero-order valence-corrected chi connectivity index (χ0v) is 16.5. The fraction of sp³-hybridized carbons (Fsp3) is 0.619. The first-order chi connectivity index (χ1) is 13.7. The first-order valence-corrected chi connectivity index (χ1v) is 10.1. The Hall–Kier alpha value is -2.30. The van der Waals surface area contributed by atoms with E-state index in [1.165, 1.54) is 0 Å². The fourth-order valence-corrected chi connectivity index (χ4v) is 3.71. The molecule has 1 amide bonds. The average Bonchev–Trinajstić information content (AvgIpc) is 2.72. The number of nitrogens with zero attached hydrogens (tertiary/aromatic N) is 2. The normalized spacial score (nSPS) is 19.9. The molecular weight excluding hydrogens is 358 g/mol. The minimum absolute atomic E-state index is 0.0998. The van der Waals surface area contributed by atoms with Gasteiger partial charge in [-0.3, -0.25) is 10.1 Å². The summed E-state index contributed by atoms with van der Waals surface area (Å²) in [5, 5.41) is 12.5. The van der Waals surface area contributed by atoms with Crippen molar-refractivity contribution < 1.29 is 19.0 Å². The number of fused-ring (bicyclic) bond motifs is 1. The number of ether oxygens (including phenoxy) is 3. The molecule has 2 aliphatic rings. The van der Waals surface area contributed by atoms with E-state index in [-0.39, 0.29) is 18.7 Å². The van der Waals surface area contributed by atoms with Crippen LogP contribution >= 0.6 is 0 Å². The molecule has 7 nitrogen and oxygen atoms in total. The van der Waals surface area contributed by atoms with Crippen molar-refractivity contribution in [2.45, 2.75) is 38.8 Å². The van der Waals surface area contributed by atoms with E-state index < -0.39 is 0 Å². The van der Waals surface area contributed by atoms with Gasteiger partial charge < -0.3 is 19.1 Å². The number of nitrogens with one attached hydrogen (secondary N) is 1. The van der Waals surface area contributed by atoms with Gasteiger partial charge in [-0.1, -0.05) is 25.8 Å². The van der Waals surface area contributed by atoms with E-state index >= 15 is 0 Å². The molecule has 1 aromatic rings. The molecule has 1 saturated heterocycles. The van der Waals surface area contributed by atoms with Crippen LogP contribution < -0.4 is 14.8 Å². The Morgan fingerprint density at radius 1 is 1.36 bits per heavy atom. The molecule has 0 aliphatic carbocycles. The summed E-state index contributed by atoms with van der Waals surface area (Å²) in [4.78, 5) is 13.8. The van der Waals surface area contributed by atoms with Gasteiger partial charge in [0.2, 0.25) is 5.91 Å². The lowest BCUT2D eigenvalue weighted by atomic mass is 9.95. The van der Waals surface area contributed by atoms with E-state index in [0.717, 1.165) is 38.8 Å². The highest BCUT2D eigenvalue weighted by Gasteiger charge is 2.23. The van der Waals surface area contributed by atoms with Crippen LogP contribution in [0.3, 0.4) is 0 Å². The molecule has 0 radical (unpaired) electrons. The molecule has 2 atom stereocenters. The van der Waals surface area contributed by atoms with Crippen molar-refractivity contribution in [3.8, 4) is 17.6 Å². The van der Waals surface area contributed by atoms with Crippen molar-refractivity contribution in [3.05, 3.63) is 23.8 Å². The molecule has 152 valence electrons. The van der Waals surface area contributed by atoms with Gasteiger partial charge in [0.25, 0.3) is 0 Å². The Kier molecular flexibility index (Phi) is 7.52. The Morgan fingerprint density at radius 3 is 3.04 bits per heavy atom. The molecule has 1 N–H and O–H groups in total. The predicted molar refractivity (Wildman–Crippen MR) is 104 cm³/mol. The third kappa shape index (κ3) is 5.37. The highest BCUT2D eigenvalue weighted by molar-refractivity contribution is 5.77. The molecule has 2 aliphatic heterocycles. The van der Waals surface area contributed by atoms with Crippen LogP contribution in [-0.2, 0) is 9.53 Å². The van der Waals surface area contributed by atoms with Gasteiger partial charge in [-0.15, -0.1) is 0 Å². The van der Waals surface area contributed by atoms with Crippen molar-refractivity contribution >= 4 is 5.91 Å². The van der Waals surface area contributed by atoms with E-state index in [4.69, 9.17) is 19.5 Å². The van der Waals surface area contributed by atoms with E-state index in [1.54, 1.807) is 12.1 Å². The average molecular weight is 387 g/mol. The highest BCUT2D eigenvalue weighted by Crippen LogP contribution is 2.34. The van der Waals surface area contributed by atoms with Gasteiger partial charge in [0.05, 0.1) is 12.2 Å². The van der Waals surface area contributed by atoms with Crippen molar-refractivity contribution in [1.29, 1.82) is 5.26 Å². The van der Waals surface area contributed by atoms with Crippen LogP contribution in [0.25, 0.3) is 0 Å². The second-order valence-electron chi connectivity index (χ2n) is 7.28. The molecule has 7 heteroatoms. The number of hydrogen-bond acceptors (Lipinski definition) is 6. The molecule has 0 aromatic heterocycles. The molecule has 1 aromatic carbocycles. The van der Waals surface area contributed by atoms with Crippen molar-refractivity contribution in [1.82, 2.24) is 10.2 Å². The van der Waals surface area contributed by atoms with Gasteiger partial charge in [-0.05, 0) is 37.4 Å². The van der Waals surface area contributed by atoms with Crippen LogP contribution in [0.5, 0.6) is 11.5 Å². The predicted octanol–water partition coefficient (Wildman–Crippen LogP) is 2.30. The van der Waals surface area contributed by atoms with Gasteiger partial charge in [-0.2, -0.15) is 5.26 Å². The number of carbonyl (C=O) groups is 1. The first-order valence-electron chi connectivity index (χ1n) is 10.1. The molecule has 0 bridgehead atoms. The Morgan fingerprint density at radius 2 is 2.25 bits per heavy atom. The zero-order valence-electron chi connectivity index (χ0n) is 16.5. The second kappa shape index (κ2) is 10.3. The summed E-state index contributed by atoms with van der Waals surface area (Å²) in [6, 6.07) is 7.47. The Labute approximate surface area is 166 Å². The number of carbonyl (C=O) groups excluding carboxylic acids is 1. The monoisotopic (exact) mass is 387 g/mol. The van der Waals surface area contributed by atoms with Crippen molar-refractivity contribution in [2.75, 3.05) is 39.5 Å². The first kappa shape index (κ1) is 20.4. The summed E-state index contributed by atoms with van der Waals surface area (Å²) < 4.78 is 16.9. The maximum atomic E-state index is 11.9. The number of rotatable bonds is 9. The smallest absolute Gasteiger partial charge is 0.248 e. The number of hydrogen-bond donors (Lipinski definition) is 1. The van der Waals surface area contributed by atoms with Crippen LogP contribution in [0.15, 0.2) is 18.2 Å². The summed E-state index contributed by atoms with van der Waals surface area (Å²) in [6.45, 7) is 5.76. The molecule has 28 heavy (non-hydrogen) atoms. The fourth-order valence-electron chi connectivity index (χ4n) is 3.71. The van der Waals surface area contributed by atoms with Crippen LogP contribution in [-0.4, -0.2) is 56.5 Å². The van der Waals surface area contributed by atoms with E-state index in [2.05, 4.69) is 18.3 Å². The van der Waals surface area contributed by atoms with E-state index in [9.17, 15) is 4.79 Å². The quantitative estimate of drug-likeness (QED) is 0.700. The third-order valence-electron chi connectivity index (χ3n) is 5.26. The van der Waals surface area contributed by atoms with Gasteiger partial charge in [-0.25, -0.2) is 0 Å². The van der Waals surface area contributed by atoms with Crippen LogP contribution in [0.4, 0.5) is 0 Å². The summed E-state index contributed by atoms with van der Waals surface area (Å²) >= 11 is 0. The van der Waals surface area contributed by atoms with Crippen molar-refractivity contribution in [3.63, 3.8) is 0 Å². The summed E-state index contributed by atoms with van der Waals surface area (Å²) in [7, 11) is 0. The highest BCUT2D eigenvalue weighted by atomic mass is 16.6. The van der Waals surface area contributed by atoms with Crippen LogP contribution in [0, 0.1) is 17.2 Å². The lowest BCUT2D eigenvalue weighted by Crippen LogP contribution is -2.43. The minimum atomic E-state index is -0.218. The van der Waals surface area contributed by atoms with Crippen molar-refractivity contribution in [2.24, 2.45) is 5.92 Å². The number of nitriles is 1. The largest absolute Gasteiger partial charge is 0.483 e. The second-order valence-corrected chi connectivity index (χ2v) is 7.28. The van der Waals surface area contributed by atoms with Gasteiger partial charge in [0.1, 0.15) is 19.3 Å². The molecule has 1 unspecified atom stereocenters. The molecule has 1 fully saturated rings. The molecule has 0 spiro atoms. The molecule has 2 heterocycles. The summed E-state index contributed by atoms with van der Waals surface area (Å²) in [5.74, 6) is 1.80. The number of benzene rings is 1. The van der Waals surface area contributed by atoms with E-state index in [0.29, 0.717) is 42.7 Å². The third-order valence-corrected chi connectivity index (χ3v) is 5.26. The number of amides is 1. The maximum absolute atomic E-state index is 11.9. The Bertz CT molecular complexity index is 703. The van der Waals surface area contributed by atoms with E-state index in [1.807, 2.05) is 11.0 Å². The number of para-hydroxylation sites is 1. The minimum Gasteiger partial charge on any atom is -0.483 e. The van der Waals surface area contributed by atoms with Gasteiger partial charge in [0.15, 0.2) is 17.7 Å².